The molecule has 3 atom stereocenters. The Bertz CT molecular complexity index is 1240. The van der Waals surface area contributed by atoms with Crippen LogP contribution in [0.3, 0.4) is 0 Å². The van der Waals surface area contributed by atoms with Gasteiger partial charge in [-0.05, 0) is 48.4 Å². The number of anilines is 1. The monoisotopic (exact) mass is 550 g/mol. The highest BCUT2D eigenvalue weighted by molar-refractivity contribution is 9.10. The lowest BCUT2D eigenvalue weighted by Crippen LogP contribution is -2.42. The van der Waals surface area contributed by atoms with Crippen molar-refractivity contribution < 1.29 is 24.3 Å². The van der Waals surface area contributed by atoms with E-state index in [0.29, 0.717) is 23.6 Å². The van der Waals surface area contributed by atoms with E-state index in [-0.39, 0.29) is 24.7 Å². The summed E-state index contributed by atoms with van der Waals surface area (Å²) in [7, 11) is 0. The zero-order valence-corrected chi connectivity index (χ0v) is 21.4. The van der Waals surface area contributed by atoms with Gasteiger partial charge < -0.3 is 9.84 Å². The predicted octanol–water partition coefficient (Wildman–Crippen LogP) is 5.09. The number of hydroxylamine groups is 2. The third-order valence-corrected chi connectivity index (χ3v) is 7.04. The van der Waals surface area contributed by atoms with Gasteiger partial charge in [-0.25, -0.2) is 4.90 Å². The Kier molecular flexibility index (Phi) is 6.94. The minimum Gasteiger partial charge on any atom is -0.494 e. The van der Waals surface area contributed by atoms with Gasteiger partial charge in [0.25, 0.3) is 5.91 Å². The highest BCUT2D eigenvalue weighted by atomic mass is 79.9. The van der Waals surface area contributed by atoms with Gasteiger partial charge in [-0.15, -0.1) is 0 Å². The van der Waals surface area contributed by atoms with Gasteiger partial charge in [0.05, 0.1) is 24.8 Å². The van der Waals surface area contributed by atoms with Crippen LogP contribution in [0.4, 0.5) is 5.69 Å². The molecule has 3 aromatic carbocycles. The van der Waals surface area contributed by atoms with Crippen LogP contribution in [0, 0.1) is 0 Å². The normalized spacial score (nSPS) is 24.5. The van der Waals surface area contributed by atoms with E-state index in [4.69, 9.17) is 9.57 Å². The molecule has 2 heterocycles. The summed E-state index contributed by atoms with van der Waals surface area (Å²) in [5.74, 6) is -1.66. The van der Waals surface area contributed by atoms with Crippen LogP contribution in [0.1, 0.15) is 43.4 Å². The lowest BCUT2D eigenvalue weighted by molar-refractivity contribution is -0.303. The van der Waals surface area contributed by atoms with Crippen molar-refractivity contribution in [1.29, 1.82) is 0 Å². The van der Waals surface area contributed by atoms with E-state index < -0.39 is 17.9 Å². The number of carbonyl (C=O) groups excluding carboxylic acids is 2. The molecular formula is C28H27BrN2O5. The van der Waals surface area contributed by atoms with Crippen molar-refractivity contribution in [1.82, 2.24) is 5.06 Å². The van der Waals surface area contributed by atoms with E-state index in [1.54, 1.807) is 36.4 Å². The van der Waals surface area contributed by atoms with Crippen molar-refractivity contribution in [3.05, 3.63) is 94.5 Å². The van der Waals surface area contributed by atoms with E-state index in [1.807, 2.05) is 49.4 Å². The van der Waals surface area contributed by atoms with Crippen molar-refractivity contribution in [3.63, 3.8) is 0 Å². The van der Waals surface area contributed by atoms with Crippen molar-refractivity contribution in [3.8, 4) is 5.75 Å². The van der Waals surface area contributed by atoms with Crippen LogP contribution in [0.5, 0.6) is 5.75 Å². The van der Waals surface area contributed by atoms with E-state index in [1.165, 1.54) is 9.96 Å². The van der Waals surface area contributed by atoms with Crippen molar-refractivity contribution in [2.45, 2.75) is 44.1 Å². The number of imide groups is 1. The first-order valence-electron chi connectivity index (χ1n) is 12.0. The molecule has 0 radical (unpaired) electrons. The number of hydrogen-bond donors (Lipinski definition) is 1. The molecule has 2 fully saturated rings. The van der Waals surface area contributed by atoms with E-state index in [0.717, 1.165) is 16.5 Å². The Hall–Kier alpha value is -3.04. The molecule has 2 aliphatic heterocycles. The Morgan fingerprint density at radius 2 is 1.69 bits per heavy atom. The smallest absolute Gasteiger partial charge is 0.254 e. The topological polar surface area (TPSA) is 79.3 Å². The lowest BCUT2D eigenvalue weighted by atomic mass is 9.94. The summed E-state index contributed by atoms with van der Waals surface area (Å²) >= 11 is 3.42. The average Bonchev–Trinajstić information content (AvgIpc) is 3.40. The van der Waals surface area contributed by atoms with Gasteiger partial charge in [0, 0.05) is 16.5 Å². The van der Waals surface area contributed by atoms with E-state index in [2.05, 4.69) is 15.9 Å². The van der Waals surface area contributed by atoms with Crippen LogP contribution in [0.15, 0.2) is 83.3 Å². The number of ether oxygens (including phenoxy) is 1. The van der Waals surface area contributed by atoms with Crippen LogP contribution < -0.4 is 9.64 Å². The summed E-state index contributed by atoms with van der Waals surface area (Å²) < 4.78 is 6.49. The first-order chi connectivity index (χ1) is 17.4. The SMILES string of the molecule is CCCOc1ccc(N2C(=O)C[C@H](N3O[C@](O)(c4ccc(Br)cc4)C[C@@H]3c3ccccc3)C2=O)cc1. The fourth-order valence-electron chi connectivity index (χ4n) is 4.73. The zero-order chi connectivity index (χ0) is 25.3. The minimum absolute atomic E-state index is 0.0489. The number of benzene rings is 3. The maximum atomic E-state index is 13.6. The molecule has 1 N–H and O–H groups in total. The molecule has 2 saturated heterocycles. The number of hydrogen-bond acceptors (Lipinski definition) is 6. The van der Waals surface area contributed by atoms with Crippen LogP contribution in [-0.4, -0.2) is 34.6 Å². The van der Waals surface area contributed by atoms with E-state index in [9.17, 15) is 14.7 Å². The molecule has 186 valence electrons. The molecule has 3 aromatic rings. The number of carbonyl (C=O) groups is 2. The number of rotatable bonds is 7. The Labute approximate surface area is 218 Å². The molecule has 0 unspecified atom stereocenters. The van der Waals surface area contributed by atoms with Crippen LogP contribution in [0.2, 0.25) is 0 Å². The third kappa shape index (κ3) is 4.69. The summed E-state index contributed by atoms with van der Waals surface area (Å²) in [5.41, 5.74) is 1.95. The molecule has 7 nitrogen and oxygen atoms in total. The second-order valence-electron chi connectivity index (χ2n) is 9.00. The Balaban J connectivity index is 1.44. The highest BCUT2D eigenvalue weighted by Crippen LogP contribution is 2.47. The number of halogens is 1. The maximum absolute atomic E-state index is 13.6. The maximum Gasteiger partial charge on any atom is 0.254 e. The molecule has 2 aliphatic rings. The summed E-state index contributed by atoms with van der Waals surface area (Å²) in [5, 5.41) is 13.1. The van der Waals surface area contributed by atoms with Crippen LogP contribution in [-0.2, 0) is 20.2 Å². The Morgan fingerprint density at radius 1 is 1.00 bits per heavy atom. The number of amides is 2. The molecule has 0 saturated carbocycles. The first-order valence-corrected chi connectivity index (χ1v) is 12.8. The molecule has 2 amide bonds. The molecule has 8 heteroatoms. The molecule has 36 heavy (non-hydrogen) atoms. The molecule has 0 spiro atoms. The summed E-state index contributed by atoms with van der Waals surface area (Å²) in [6.07, 6.45) is 1.05. The fraction of sp³-hybridized carbons (Fsp3) is 0.286. The third-order valence-electron chi connectivity index (χ3n) is 6.51. The number of nitrogens with zero attached hydrogens (tertiary/aromatic N) is 2. The quantitative estimate of drug-likeness (QED) is 0.412. The van der Waals surface area contributed by atoms with Gasteiger partial charge in [-0.1, -0.05) is 65.3 Å². The zero-order valence-electron chi connectivity index (χ0n) is 19.8. The second-order valence-corrected chi connectivity index (χ2v) is 9.92. The predicted molar refractivity (Wildman–Crippen MR) is 138 cm³/mol. The lowest BCUT2D eigenvalue weighted by Gasteiger charge is -2.28. The van der Waals surface area contributed by atoms with Gasteiger partial charge in [0.15, 0.2) is 0 Å². The molecule has 5 rings (SSSR count). The van der Waals surface area contributed by atoms with Crippen molar-refractivity contribution in [2.75, 3.05) is 11.5 Å². The molecule has 0 aliphatic carbocycles. The summed E-state index contributed by atoms with van der Waals surface area (Å²) in [4.78, 5) is 34.0. The van der Waals surface area contributed by atoms with Crippen LogP contribution in [0.25, 0.3) is 0 Å². The standard InChI is InChI=1S/C28H27BrN2O5/c1-2-16-35-23-14-12-22(13-15-23)30-26(32)17-24(27(30)33)31-25(19-6-4-3-5-7-19)18-28(34,36-31)20-8-10-21(29)11-9-20/h3-15,24-25,34H,2,16-18H2,1H3/t24-,25+,28-/m0/s1. The van der Waals surface area contributed by atoms with Gasteiger partial charge >= 0.3 is 0 Å². The largest absolute Gasteiger partial charge is 0.494 e. The van der Waals surface area contributed by atoms with Crippen LogP contribution >= 0.6 is 15.9 Å². The van der Waals surface area contributed by atoms with Crippen molar-refractivity contribution in [2.24, 2.45) is 0 Å². The highest BCUT2D eigenvalue weighted by Gasteiger charge is 2.54. The molecule has 0 aromatic heterocycles. The first kappa shape index (κ1) is 24.6. The minimum atomic E-state index is -1.64. The van der Waals surface area contributed by atoms with Gasteiger partial charge in [-0.2, -0.15) is 5.06 Å². The van der Waals surface area contributed by atoms with Gasteiger partial charge in [0.2, 0.25) is 11.7 Å². The van der Waals surface area contributed by atoms with Gasteiger partial charge in [0.1, 0.15) is 11.8 Å². The summed E-state index contributed by atoms with van der Waals surface area (Å²) in [6, 6.07) is 22.4. The Morgan fingerprint density at radius 3 is 2.36 bits per heavy atom. The van der Waals surface area contributed by atoms with E-state index >= 15 is 0 Å². The van der Waals surface area contributed by atoms with Crippen molar-refractivity contribution >= 4 is 33.4 Å². The molecular weight excluding hydrogens is 524 g/mol. The number of aliphatic hydroxyl groups is 1. The second kappa shape index (κ2) is 10.1. The fourth-order valence-corrected chi connectivity index (χ4v) is 4.99. The summed E-state index contributed by atoms with van der Waals surface area (Å²) in [6.45, 7) is 2.62. The van der Waals surface area contributed by atoms with Gasteiger partial charge in [-0.3, -0.25) is 14.4 Å². The molecule has 0 bridgehead atoms. The average molecular weight is 551 g/mol.